The van der Waals surface area contributed by atoms with Gasteiger partial charge in [-0.05, 0) is 53.4 Å². The maximum atomic E-state index is 12.3. The van der Waals surface area contributed by atoms with Gasteiger partial charge in [-0.15, -0.1) is 0 Å². The van der Waals surface area contributed by atoms with Gasteiger partial charge >= 0.3 is 0 Å². The van der Waals surface area contributed by atoms with Gasteiger partial charge in [-0.2, -0.15) is 5.26 Å². The monoisotopic (exact) mass is 384 g/mol. The van der Waals surface area contributed by atoms with Gasteiger partial charge in [-0.25, -0.2) is 0 Å². The third-order valence-electron chi connectivity index (χ3n) is 5.01. The van der Waals surface area contributed by atoms with Crippen LogP contribution in [0, 0.1) is 11.3 Å². The molecule has 0 N–H and O–H groups in total. The zero-order valence-electron chi connectivity index (χ0n) is 16.1. The normalized spacial score (nSPS) is 13.7. The highest BCUT2D eigenvalue weighted by Gasteiger charge is 2.24. The van der Waals surface area contributed by atoms with E-state index < -0.39 is 0 Å². The van der Waals surface area contributed by atoms with Crippen LogP contribution in [0.25, 0.3) is 0 Å². The highest BCUT2D eigenvalue weighted by molar-refractivity contribution is 6.01. The van der Waals surface area contributed by atoms with E-state index in [2.05, 4.69) is 11.1 Å². The Bertz CT molecular complexity index is 1050. The lowest BCUT2D eigenvalue weighted by atomic mass is 9.96. The van der Waals surface area contributed by atoms with Crippen molar-refractivity contribution in [3.63, 3.8) is 0 Å². The van der Waals surface area contributed by atoms with Gasteiger partial charge in [0, 0.05) is 24.9 Å². The van der Waals surface area contributed by atoms with Crippen LogP contribution in [-0.4, -0.2) is 17.4 Å². The van der Waals surface area contributed by atoms with Crippen LogP contribution in [0.15, 0.2) is 60.9 Å². The molecular formula is C24H20N2O3. The lowest BCUT2D eigenvalue weighted by molar-refractivity contribution is 0.0931. The summed E-state index contributed by atoms with van der Waals surface area (Å²) in [5, 5.41) is 9.08. The van der Waals surface area contributed by atoms with E-state index in [1.165, 1.54) is 0 Å². The number of carbonyl (C=O) groups excluding carboxylic acids is 1. The minimum atomic E-state index is -0.382. The third kappa shape index (κ3) is 3.83. The first kappa shape index (κ1) is 18.7. The fourth-order valence-electron chi connectivity index (χ4n) is 3.54. The Labute approximate surface area is 169 Å². The molecular weight excluding hydrogens is 364 g/mol. The lowest BCUT2D eigenvalue weighted by Crippen LogP contribution is -2.18. The number of ketones is 1. The van der Waals surface area contributed by atoms with Crippen LogP contribution < -0.4 is 9.47 Å². The van der Waals surface area contributed by atoms with Gasteiger partial charge in [0.15, 0.2) is 5.78 Å². The molecule has 1 atom stereocenters. The zero-order chi connectivity index (χ0) is 20.2. The van der Waals surface area contributed by atoms with Gasteiger partial charge in [0.25, 0.3) is 0 Å². The summed E-state index contributed by atoms with van der Waals surface area (Å²) < 4.78 is 12.2. The maximum absolute atomic E-state index is 12.3. The molecule has 4 rings (SSSR count). The second kappa shape index (κ2) is 8.15. The van der Waals surface area contributed by atoms with Crippen LogP contribution in [0.1, 0.15) is 52.1 Å². The SMILES string of the molecule is CCc1cc(OC(c2ccncc2)c2ccc(C#N)cc2)cc2c1C(=O)CCO2. The van der Waals surface area contributed by atoms with Gasteiger partial charge in [-0.1, -0.05) is 19.1 Å². The lowest BCUT2D eigenvalue weighted by Gasteiger charge is -2.24. The van der Waals surface area contributed by atoms with Crippen LogP contribution >= 0.6 is 0 Å². The fourth-order valence-corrected chi connectivity index (χ4v) is 3.54. The number of rotatable bonds is 5. The zero-order valence-corrected chi connectivity index (χ0v) is 16.1. The molecule has 0 radical (unpaired) electrons. The number of nitriles is 1. The van der Waals surface area contributed by atoms with Crippen LogP contribution in [0.4, 0.5) is 0 Å². The standard InChI is InChI=1S/C24H20N2O3/c1-2-17-13-20(14-22-23(17)21(27)9-12-28-22)29-24(19-7-10-26-11-8-19)18-5-3-16(15-25)4-6-18/h3-8,10-11,13-14,24H,2,9,12H2,1H3. The molecule has 0 spiro atoms. The van der Waals surface area contributed by atoms with Crippen molar-refractivity contribution in [1.29, 1.82) is 5.26 Å². The van der Waals surface area contributed by atoms with Crippen molar-refractivity contribution in [2.45, 2.75) is 25.9 Å². The van der Waals surface area contributed by atoms with E-state index in [4.69, 9.17) is 14.7 Å². The van der Waals surface area contributed by atoms with Crippen molar-refractivity contribution in [2.24, 2.45) is 0 Å². The molecule has 29 heavy (non-hydrogen) atoms. The van der Waals surface area contributed by atoms with Gasteiger partial charge in [-0.3, -0.25) is 9.78 Å². The van der Waals surface area contributed by atoms with Crippen LogP contribution in [-0.2, 0) is 6.42 Å². The second-order valence-electron chi connectivity index (χ2n) is 6.84. The van der Waals surface area contributed by atoms with E-state index in [1.54, 1.807) is 30.6 Å². The summed E-state index contributed by atoms with van der Waals surface area (Å²) in [4.78, 5) is 16.4. The molecule has 1 unspecified atom stereocenters. The smallest absolute Gasteiger partial charge is 0.170 e. The number of benzene rings is 2. The molecule has 1 aliphatic heterocycles. The first-order valence-electron chi connectivity index (χ1n) is 9.59. The molecule has 0 saturated carbocycles. The van der Waals surface area contributed by atoms with Crippen molar-refractivity contribution >= 4 is 5.78 Å². The summed E-state index contributed by atoms with van der Waals surface area (Å²) in [5.41, 5.74) is 4.05. The van der Waals surface area contributed by atoms with E-state index >= 15 is 0 Å². The van der Waals surface area contributed by atoms with Gasteiger partial charge in [0.05, 0.1) is 23.8 Å². The molecule has 2 heterocycles. The first-order chi connectivity index (χ1) is 14.2. The molecule has 5 nitrogen and oxygen atoms in total. The average Bonchev–Trinajstić information content (AvgIpc) is 2.77. The minimum absolute atomic E-state index is 0.118. The number of ether oxygens (including phenoxy) is 2. The summed E-state index contributed by atoms with van der Waals surface area (Å²) >= 11 is 0. The number of fused-ring (bicyclic) bond motifs is 1. The minimum Gasteiger partial charge on any atom is -0.492 e. The molecule has 3 aromatic rings. The molecule has 2 aromatic carbocycles. The summed E-state index contributed by atoms with van der Waals surface area (Å²) in [6, 6.07) is 17.0. The van der Waals surface area contributed by atoms with Crippen LogP contribution in [0.5, 0.6) is 11.5 Å². The summed E-state index contributed by atoms with van der Waals surface area (Å²) in [5.74, 6) is 1.35. The van der Waals surface area contributed by atoms with Gasteiger partial charge in [0.2, 0.25) is 0 Å². The molecule has 0 aliphatic carbocycles. The van der Waals surface area contributed by atoms with E-state index in [-0.39, 0.29) is 11.9 Å². The molecule has 144 valence electrons. The first-order valence-corrected chi connectivity index (χ1v) is 9.59. The number of carbonyl (C=O) groups is 1. The molecule has 5 heteroatoms. The number of aryl methyl sites for hydroxylation is 1. The van der Waals surface area contributed by atoms with Crippen molar-refractivity contribution in [1.82, 2.24) is 4.98 Å². The Morgan fingerprint density at radius 1 is 1.14 bits per heavy atom. The topological polar surface area (TPSA) is 72.2 Å². The van der Waals surface area contributed by atoms with Gasteiger partial charge in [0.1, 0.15) is 17.6 Å². The number of Topliss-reactive ketones (excluding diaryl/α,β-unsaturated/α-hetero) is 1. The number of hydrogen-bond donors (Lipinski definition) is 0. The van der Waals surface area contributed by atoms with Crippen molar-refractivity contribution in [3.8, 4) is 17.6 Å². The molecule has 1 aliphatic rings. The molecule has 0 fully saturated rings. The molecule has 0 bridgehead atoms. The van der Waals surface area contributed by atoms with Crippen molar-refractivity contribution < 1.29 is 14.3 Å². The predicted molar refractivity (Wildman–Crippen MR) is 108 cm³/mol. The summed E-state index contributed by atoms with van der Waals surface area (Å²) in [7, 11) is 0. The van der Waals surface area contributed by atoms with E-state index in [9.17, 15) is 4.79 Å². The second-order valence-corrected chi connectivity index (χ2v) is 6.84. The Balaban J connectivity index is 1.75. The Morgan fingerprint density at radius 3 is 2.55 bits per heavy atom. The molecule has 0 amide bonds. The third-order valence-corrected chi connectivity index (χ3v) is 5.01. The van der Waals surface area contributed by atoms with E-state index in [0.29, 0.717) is 42.1 Å². The Hall–Kier alpha value is -3.65. The average molecular weight is 384 g/mol. The summed E-state index contributed by atoms with van der Waals surface area (Å²) in [6.45, 7) is 2.41. The van der Waals surface area contributed by atoms with Crippen LogP contribution in [0.2, 0.25) is 0 Å². The highest BCUT2D eigenvalue weighted by atomic mass is 16.5. The number of nitrogens with zero attached hydrogens (tertiary/aromatic N) is 2. The number of pyridine rings is 1. The van der Waals surface area contributed by atoms with Crippen LogP contribution in [0.3, 0.4) is 0 Å². The maximum Gasteiger partial charge on any atom is 0.170 e. The predicted octanol–water partition coefficient (Wildman–Crippen LogP) is 4.65. The fraction of sp³-hybridized carbons (Fsp3) is 0.208. The quantitative estimate of drug-likeness (QED) is 0.640. The number of hydrogen-bond acceptors (Lipinski definition) is 5. The summed E-state index contributed by atoms with van der Waals surface area (Å²) in [6.07, 6.45) is 4.19. The number of aromatic nitrogens is 1. The largest absolute Gasteiger partial charge is 0.492 e. The van der Waals surface area contributed by atoms with Gasteiger partial charge < -0.3 is 9.47 Å². The van der Waals surface area contributed by atoms with Crippen molar-refractivity contribution in [3.05, 3.63) is 88.7 Å². The Morgan fingerprint density at radius 2 is 1.86 bits per heavy atom. The molecule has 0 saturated heterocycles. The van der Waals surface area contributed by atoms with E-state index in [1.807, 2.05) is 37.3 Å². The Kier molecular flexibility index (Phi) is 5.26. The van der Waals surface area contributed by atoms with E-state index in [0.717, 1.165) is 16.7 Å². The van der Waals surface area contributed by atoms with Crippen molar-refractivity contribution in [2.75, 3.05) is 6.61 Å². The highest BCUT2D eigenvalue weighted by Crippen LogP contribution is 2.36. The molecule has 1 aromatic heterocycles.